The van der Waals surface area contributed by atoms with Crippen molar-refractivity contribution in [2.75, 3.05) is 13.1 Å². The second-order valence-corrected chi connectivity index (χ2v) is 3.71. The average molecular weight is 191 g/mol. The van der Waals surface area contributed by atoms with Crippen LogP contribution in [0.3, 0.4) is 0 Å². The van der Waals surface area contributed by atoms with Gasteiger partial charge in [0.05, 0.1) is 12.3 Å². The van der Waals surface area contributed by atoms with E-state index in [-0.39, 0.29) is 0 Å². The Bertz CT molecular complexity index is 289. The molecule has 0 bridgehead atoms. The Hall–Kier alpha value is -1.02. The summed E-state index contributed by atoms with van der Waals surface area (Å²) in [6.07, 6.45) is 8.61. The number of hydrogen-bond acceptors (Lipinski definition) is 2. The second-order valence-electron chi connectivity index (χ2n) is 3.71. The van der Waals surface area contributed by atoms with Crippen LogP contribution in [-0.2, 0) is 0 Å². The summed E-state index contributed by atoms with van der Waals surface area (Å²) >= 11 is 0. The number of hydrogen-bond donors (Lipinski definition) is 0. The molecule has 14 heavy (non-hydrogen) atoms. The standard InChI is InChI=1S/C12H17NO/c1-2-8-13-9-4-3-6-11(13)12-7-5-10-14-12/h3,5-7,10-11H,2,4,8-9H2,1H3. The van der Waals surface area contributed by atoms with Crippen molar-refractivity contribution in [1.82, 2.24) is 4.90 Å². The highest BCUT2D eigenvalue weighted by molar-refractivity contribution is 5.14. The van der Waals surface area contributed by atoms with Crippen molar-refractivity contribution in [3.8, 4) is 0 Å². The van der Waals surface area contributed by atoms with E-state index in [0.717, 1.165) is 25.3 Å². The molecule has 1 unspecified atom stereocenters. The molecule has 76 valence electrons. The molecule has 0 spiro atoms. The van der Waals surface area contributed by atoms with Gasteiger partial charge in [0.15, 0.2) is 0 Å². The molecule has 2 heteroatoms. The highest BCUT2D eigenvalue weighted by atomic mass is 16.3. The minimum absolute atomic E-state index is 0.360. The minimum Gasteiger partial charge on any atom is -0.467 e. The van der Waals surface area contributed by atoms with E-state index in [0.29, 0.717) is 6.04 Å². The van der Waals surface area contributed by atoms with Gasteiger partial charge in [0.25, 0.3) is 0 Å². The summed E-state index contributed by atoms with van der Waals surface area (Å²) in [5.74, 6) is 1.06. The van der Waals surface area contributed by atoms with Crippen molar-refractivity contribution < 1.29 is 4.42 Å². The Labute approximate surface area is 85.2 Å². The monoisotopic (exact) mass is 191 g/mol. The molecule has 2 rings (SSSR count). The SMILES string of the molecule is CCCN1CCC=CC1c1ccco1. The molecule has 0 N–H and O–H groups in total. The molecule has 2 nitrogen and oxygen atoms in total. The quantitative estimate of drug-likeness (QED) is 0.683. The van der Waals surface area contributed by atoms with Gasteiger partial charge in [-0.05, 0) is 31.5 Å². The maximum absolute atomic E-state index is 5.46. The summed E-state index contributed by atoms with van der Waals surface area (Å²) < 4.78 is 5.46. The van der Waals surface area contributed by atoms with E-state index in [1.54, 1.807) is 6.26 Å². The van der Waals surface area contributed by atoms with E-state index >= 15 is 0 Å². The number of furan rings is 1. The van der Waals surface area contributed by atoms with E-state index < -0.39 is 0 Å². The Morgan fingerprint density at radius 1 is 1.57 bits per heavy atom. The lowest BCUT2D eigenvalue weighted by Gasteiger charge is -2.30. The van der Waals surface area contributed by atoms with Crippen LogP contribution in [-0.4, -0.2) is 18.0 Å². The molecule has 1 aliphatic heterocycles. The van der Waals surface area contributed by atoms with Crippen LogP contribution in [0.4, 0.5) is 0 Å². The van der Waals surface area contributed by atoms with Crippen LogP contribution >= 0.6 is 0 Å². The smallest absolute Gasteiger partial charge is 0.124 e. The Morgan fingerprint density at radius 2 is 2.50 bits per heavy atom. The molecule has 0 radical (unpaired) electrons. The Kier molecular flexibility index (Phi) is 3.04. The normalized spacial score (nSPS) is 22.8. The first kappa shape index (κ1) is 9.53. The summed E-state index contributed by atoms with van der Waals surface area (Å²) in [6.45, 7) is 4.52. The highest BCUT2D eigenvalue weighted by Crippen LogP contribution is 2.26. The molecular formula is C12H17NO. The predicted octanol–water partition coefficient (Wildman–Crippen LogP) is 2.99. The topological polar surface area (TPSA) is 16.4 Å². The van der Waals surface area contributed by atoms with Crippen molar-refractivity contribution >= 4 is 0 Å². The predicted molar refractivity (Wildman–Crippen MR) is 57.1 cm³/mol. The fraction of sp³-hybridized carbons (Fsp3) is 0.500. The third-order valence-electron chi connectivity index (χ3n) is 2.64. The van der Waals surface area contributed by atoms with Gasteiger partial charge >= 0.3 is 0 Å². The molecule has 0 saturated heterocycles. The van der Waals surface area contributed by atoms with Crippen LogP contribution in [0.2, 0.25) is 0 Å². The van der Waals surface area contributed by atoms with Crippen molar-refractivity contribution in [2.24, 2.45) is 0 Å². The molecule has 0 aromatic carbocycles. The maximum atomic E-state index is 5.46. The third kappa shape index (κ3) is 1.90. The minimum atomic E-state index is 0.360. The first-order chi connectivity index (χ1) is 6.92. The molecule has 0 saturated carbocycles. The van der Waals surface area contributed by atoms with E-state index in [4.69, 9.17) is 4.42 Å². The van der Waals surface area contributed by atoms with Crippen LogP contribution in [0.25, 0.3) is 0 Å². The van der Waals surface area contributed by atoms with Crippen LogP contribution in [0.1, 0.15) is 31.6 Å². The van der Waals surface area contributed by atoms with Crippen LogP contribution < -0.4 is 0 Å². The lowest BCUT2D eigenvalue weighted by Crippen LogP contribution is -2.31. The molecule has 1 aliphatic rings. The van der Waals surface area contributed by atoms with Crippen molar-refractivity contribution in [3.05, 3.63) is 36.3 Å². The molecule has 0 amide bonds. The fourth-order valence-electron chi connectivity index (χ4n) is 2.00. The van der Waals surface area contributed by atoms with Gasteiger partial charge in [0, 0.05) is 6.54 Å². The summed E-state index contributed by atoms with van der Waals surface area (Å²) in [4.78, 5) is 2.47. The third-order valence-corrected chi connectivity index (χ3v) is 2.64. The van der Waals surface area contributed by atoms with Crippen molar-refractivity contribution in [1.29, 1.82) is 0 Å². The van der Waals surface area contributed by atoms with Crippen LogP contribution in [0.5, 0.6) is 0 Å². The number of nitrogens with zero attached hydrogens (tertiary/aromatic N) is 1. The van der Waals surface area contributed by atoms with Gasteiger partial charge in [-0.3, -0.25) is 4.90 Å². The summed E-state index contributed by atoms with van der Waals surface area (Å²) in [7, 11) is 0. The van der Waals surface area contributed by atoms with Crippen molar-refractivity contribution in [2.45, 2.75) is 25.8 Å². The Morgan fingerprint density at radius 3 is 3.21 bits per heavy atom. The van der Waals surface area contributed by atoms with Gasteiger partial charge in [-0.25, -0.2) is 0 Å². The molecule has 1 atom stereocenters. The van der Waals surface area contributed by atoms with Gasteiger partial charge in [-0.15, -0.1) is 0 Å². The lowest BCUT2D eigenvalue weighted by atomic mass is 10.1. The van der Waals surface area contributed by atoms with E-state index in [2.05, 4.69) is 30.0 Å². The highest BCUT2D eigenvalue weighted by Gasteiger charge is 2.21. The molecule has 1 aromatic heterocycles. The number of rotatable bonds is 3. The molecule has 2 heterocycles. The maximum Gasteiger partial charge on any atom is 0.124 e. The fourth-order valence-corrected chi connectivity index (χ4v) is 2.00. The zero-order valence-electron chi connectivity index (χ0n) is 8.65. The lowest BCUT2D eigenvalue weighted by molar-refractivity contribution is 0.203. The first-order valence-corrected chi connectivity index (χ1v) is 5.36. The molecule has 0 fully saturated rings. The zero-order valence-corrected chi connectivity index (χ0v) is 8.65. The van der Waals surface area contributed by atoms with Gasteiger partial charge in [0.1, 0.15) is 5.76 Å². The summed E-state index contributed by atoms with van der Waals surface area (Å²) in [6, 6.07) is 4.38. The van der Waals surface area contributed by atoms with Crippen molar-refractivity contribution in [3.63, 3.8) is 0 Å². The van der Waals surface area contributed by atoms with E-state index in [1.165, 1.54) is 6.42 Å². The van der Waals surface area contributed by atoms with E-state index in [1.807, 2.05) is 6.07 Å². The summed E-state index contributed by atoms with van der Waals surface area (Å²) in [5.41, 5.74) is 0. The Balaban J connectivity index is 2.14. The van der Waals surface area contributed by atoms with Gasteiger partial charge in [0.2, 0.25) is 0 Å². The summed E-state index contributed by atoms with van der Waals surface area (Å²) in [5, 5.41) is 0. The zero-order chi connectivity index (χ0) is 9.80. The molecular weight excluding hydrogens is 174 g/mol. The van der Waals surface area contributed by atoms with Gasteiger partial charge < -0.3 is 4.42 Å². The van der Waals surface area contributed by atoms with E-state index in [9.17, 15) is 0 Å². The molecule has 1 aromatic rings. The molecule has 0 aliphatic carbocycles. The van der Waals surface area contributed by atoms with Crippen LogP contribution in [0, 0.1) is 0 Å². The largest absolute Gasteiger partial charge is 0.467 e. The van der Waals surface area contributed by atoms with Gasteiger partial charge in [-0.1, -0.05) is 19.1 Å². The first-order valence-electron chi connectivity index (χ1n) is 5.36. The van der Waals surface area contributed by atoms with Gasteiger partial charge in [-0.2, -0.15) is 0 Å². The van der Waals surface area contributed by atoms with Crippen LogP contribution in [0.15, 0.2) is 35.0 Å². The second kappa shape index (κ2) is 4.47. The average Bonchev–Trinajstić information content (AvgIpc) is 2.72.